The fourth-order valence-corrected chi connectivity index (χ4v) is 5.16. The van der Waals surface area contributed by atoms with Gasteiger partial charge in [-0.3, -0.25) is 4.79 Å². The maximum atomic E-state index is 12.9. The molecule has 2 aromatic rings. The number of nitrogens with zero attached hydrogens (tertiary/aromatic N) is 1. The fraction of sp³-hybridized carbons (Fsp3) is 0.387. The van der Waals surface area contributed by atoms with Crippen molar-refractivity contribution in [2.24, 2.45) is 0 Å². The summed E-state index contributed by atoms with van der Waals surface area (Å²) in [6.07, 6.45) is 4.70. The topological polar surface area (TPSA) is 44.4 Å². The van der Waals surface area contributed by atoms with E-state index < -0.39 is 11.7 Å². The average molecular weight is 524 g/mol. The summed E-state index contributed by atoms with van der Waals surface area (Å²) >= 11 is 0. The Morgan fingerprint density at radius 2 is 1.61 bits per heavy atom. The number of amides is 1. The van der Waals surface area contributed by atoms with Gasteiger partial charge in [0.05, 0.1) is 11.6 Å². The van der Waals surface area contributed by atoms with E-state index in [1.54, 1.807) is 0 Å². The van der Waals surface area contributed by atoms with Gasteiger partial charge in [-0.1, -0.05) is 48.1 Å². The van der Waals surface area contributed by atoms with Gasteiger partial charge in [0.25, 0.3) is 5.91 Å². The summed E-state index contributed by atoms with van der Waals surface area (Å²) in [6.45, 7) is 7.67. The highest BCUT2D eigenvalue weighted by molar-refractivity contribution is 5.94. The molecular formula is C31H36F3N3O. The van der Waals surface area contributed by atoms with Gasteiger partial charge in [-0.05, 0) is 92.7 Å². The number of halogens is 3. The molecule has 0 radical (unpaired) electrons. The molecule has 1 unspecified atom stereocenters. The molecule has 2 N–H and O–H groups in total. The zero-order valence-electron chi connectivity index (χ0n) is 22.1. The Balaban J connectivity index is 1.51. The van der Waals surface area contributed by atoms with E-state index in [1.807, 2.05) is 43.0 Å². The molecule has 1 saturated heterocycles. The van der Waals surface area contributed by atoms with Crippen molar-refractivity contribution in [3.8, 4) is 0 Å². The Morgan fingerprint density at radius 3 is 2.21 bits per heavy atom. The van der Waals surface area contributed by atoms with Gasteiger partial charge in [-0.2, -0.15) is 13.2 Å². The summed E-state index contributed by atoms with van der Waals surface area (Å²) in [7, 11) is 0. The van der Waals surface area contributed by atoms with E-state index in [4.69, 9.17) is 0 Å². The minimum Gasteiger partial charge on any atom is -0.339 e. The molecule has 0 spiro atoms. The first-order valence-electron chi connectivity index (χ1n) is 13.4. The molecule has 1 amide bonds. The van der Waals surface area contributed by atoms with Crippen LogP contribution < -0.4 is 10.6 Å². The first-order valence-corrected chi connectivity index (χ1v) is 13.4. The van der Waals surface area contributed by atoms with Gasteiger partial charge in [0.2, 0.25) is 0 Å². The van der Waals surface area contributed by atoms with Crippen LogP contribution in [0.4, 0.5) is 13.2 Å². The normalized spacial score (nSPS) is 17.9. The SMILES string of the molecule is CCN(CC)C(=O)c1ccc(CC2=CC=CC(NCc3ccc(C(F)(F)F)cc3)C2=C2CCNCC2)cc1. The van der Waals surface area contributed by atoms with Crippen LogP contribution >= 0.6 is 0 Å². The largest absolute Gasteiger partial charge is 0.416 e. The Morgan fingerprint density at radius 1 is 0.974 bits per heavy atom. The van der Waals surface area contributed by atoms with Crippen molar-refractivity contribution in [1.82, 2.24) is 15.5 Å². The van der Waals surface area contributed by atoms with Gasteiger partial charge in [-0.25, -0.2) is 0 Å². The van der Waals surface area contributed by atoms with Crippen LogP contribution in [0.15, 0.2) is 83.5 Å². The smallest absolute Gasteiger partial charge is 0.339 e. The molecule has 2 aromatic carbocycles. The van der Waals surface area contributed by atoms with Crippen LogP contribution in [-0.2, 0) is 19.1 Å². The highest BCUT2D eigenvalue weighted by Gasteiger charge is 2.30. The number of alkyl halides is 3. The van der Waals surface area contributed by atoms with Crippen LogP contribution in [0.5, 0.6) is 0 Å². The minimum atomic E-state index is -4.33. The number of allylic oxidation sites excluding steroid dienone is 2. The van der Waals surface area contributed by atoms with Crippen LogP contribution in [0.2, 0.25) is 0 Å². The lowest BCUT2D eigenvalue weighted by atomic mass is 9.83. The molecule has 38 heavy (non-hydrogen) atoms. The fourth-order valence-electron chi connectivity index (χ4n) is 5.16. The van der Waals surface area contributed by atoms with E-state index in [2.05, 4.69) is 28.9 Å². The third-order valence-corrected chi connectivity index (χ3v) is 7.30. The molecule has 4 rings (SSSR count). The van der Waals surface area contributed by atoms with Crippen molar-refractivity contribution in [2.75, 3.05) is 26.2 Å². The first-order chi connectivity index (χ1) is 18.3. The third-order valence-electron chi connectivity index (χ3n) is 7.30. The molecule has 1 heterocycles. The molecule has 4 nitrogen and oxygen atoms in total. The molecule has 202 valence electrons. The molecule has 1 atom stereocenters. The number of piperidine rings is 1. The van der Waals surface area contributed by atoms with Gasteiger partial charge in [0, 0.05) is 25.2 Å². The molecule has 1 aliphatic carbocycles. The second kappa shape index (κ2) is 12.6. The summed E-state index contributed by atoms with van der Waals surface area (Å²) < 4.78 is 38.8. The number of benzene rings is 2. The second-order valence-corrected chi connectivity index (χ2v) is 9.75. The Bertz CT molecular complexity index is 1180. The van der Waals surface area contributed by atoms with Gasteiger partial charge in [0.1, 0.15) is 0 Å². The molecule has 7 heteroatoms. The van der Waals surface area contributed by atoms with Crippen LogP contribution in [0.3, 0.4) is 0 Å². The molecule has 0 saturated carbocycles. The predicted molar refractivity (Wildman–Crippen MR) is 146 cm³/mol. The van der Waals surface area contributed by atoms with E-state index in [9.17, 15) is 18.0 Å². The monoisotopic (exact) mass is 523 g/mol. The van der Waals surface area contributed by atoms with Gasteiger partial charge in [0.15, 0.2) is 0 Å². The molecular weight excluding hydrogens is 487 g/mol. The van der Waals surface area contributed by atoms with E-state index in [-0.39, 0.29) is 11.9 Å². The van der Waals surface area contributed by atoms with E-state index in [1.165, 1.54) is 28.9 Å². The minimum absolute atomic E-state index is 0.0195. The van der Waals surface area contributed by atoms with Crippen LogP contribution in [-0.4, -0.2) is 43.0 Å². The summed E-state index contributed by atoms with van der Waals surface area (Å²) in [5.41, 5.74) is 5.94. The number of nitrogens with one attached hydrogen (secondary N) is 2. The summed E-state index contributed by atoms with van der Waals surface area (Å²) in [5, 5.41) is 7.00. The summed E-state index contributed by atoms with van der Waals surface area (Å²) in [5.74, 6) is 0.0476. The highest BCUT2D eigenvalue weighted by atomic mass is 19.4. The van der Waals surface area contributed by atoms with Crippen molar-refractivity contribution in [3.63, 3.8) is 0 Å². The third kappa shape index (κ3) is 6.83. The average Bonchev–Trinajstić information content (AvgIpc) is 2.93. The standard InChI is InChI=1S/C31H36F3N3O/c1-3-37(4-2)30(38)25-12-8-22(9-13-25)20-26-6-5-7-28(29(26)24-16-18-35-19-17-24)36-21-23-10-14-27(15-11-23)31(32,33)34/h5-15,28,35-36H,3-4,16-21H2,1-2H3. The number of hydrogen-bond acceptors (Lipinski definition) is 3. The van der Waals surface area contributed by atoms with Crippen molar-refractivity contribution in [1.29, 1.82) is 0 Å². The Kier molecular flexibility index (Phi) is 9.23. The van der Waals surface area contributed by atoms with E-state index >= 15 is 0 Å². The molecule has 1 fully saturated rings. The summed E-state index contributed by atoms with van der Waals surface area (Å²) in [6, 6.07) is 13.2. The van der Waals surface area contributed by atoms with Gasteiger partial charge >= 0.3 is 6.18 Å². The molecule has 0 bridgehead atoms. The number of rotatable bonds is 8. The zero-order valence-corrected chi connectivity index (χ0v) is 22.1. The van der Waals surface area contributed by atoms with Crippen LogP contribution in [0.25, 0.3) is 0 Å². The highest BCUT2D eigenvalue weighted by Crippen LogP contribution is 2.32. The first kappa shape index (κ1) is 27.9. The lowest BCUT2D eigenvalue weighted by molar-refractivity contribution is -0.137. The van der Waals surface area contributed by atoms with Crippen LogP contribution in [0.1, 0.15) is 53.7 Å². The number of carbonyl (C=O) groups excluding carboxylic acids is 1. The van der Waals surface area contributed by atoms with Crippen molar-refractivity contribution in [3.05, 3.63) is 106 Å². The maximum Gasteiger partial charge on any atom is 0.416 e. The Hall–Kier alpha value is -3.16. The lowest BCUT2D eigenvalue weighted by Gasteiger charge is -2.30. The zero-order chi connectivity index (χ0) is 27.1. The van der Waals surface area contributed by atoms with E-state index in [0.717, 1.165) is 55.6 Å². The summed E-state index contributed by atoms with van der Waals surface area (Å²) in [4.78, 5) is 14.5. The van der Waals surface area contributed by atoms with Crippen molar-refractivity contribution in [2.45, 2.75) is 51.9 Å². The van der Waals surface area contributed by atoms with Crippen molar-refractivity contribution < 1.29 is 18.0 Å². The predicted octanol–water partition coefficient (Wildman–Crippen LogP) is 6.06. The number of carbonyl (C=O) groups is 1. The second-order valence-electron chi connectivity index (χ2n) is 9.75. The molecule has 2 aliphatic rings. The molecule has 1 aliphatic heterocycles. The molecule has 0 aromatic heterocycles. The lowest BCUT2D eigenvalue weighted by Crippen LogP contribution is -2.34. The van der Waals surface area contributed by atoms with Gasteiger partial charge < -0.3 is 15.5 Å². The number of hydrogen-bond donors (Lipinski definition) is 2. The van der Waals surface area contributed by atoms with E-state index in [0.29, 0.717) is 25.2 Å². The quantitative estimate of drug-likeness (QED) is 0.442. The maximum absolute atomic E-state index is 12.9. The van der Waals surface area contributed by atoms with Crippen LogP contribution in [0, 0.1) is 0 Å². The Labute approximate surface area is 223 Å². The van der Waals surface area contributed by atoms with Gasteiger partial charge in [-0.15, -0.1) is 0 Å². The van der Waals surface area contributed by atoms with Crippen molar-refractivity contribution >= 4 is 5.91 Å².